The van der Waals surface area contributed by atoms with Gasteiger partial charge in [0.15, 0.2) is 0 Å². The molecule has 1 N–H and O–H groups in total. The Kier molecular flexibility index (Phi) is 6.92. The summed E-state index contributed by atoms with van der Waals surface area (Å²) < 4.78 is 40.4. The van der Waals surface area contributed by atoms with Gasteiger partial charge in [0.2, 0.25) is 0 Å². The lowest BCUT2D eigenvalue weighted by atomic mass is 10.1. The third-order valence-electron chi connectivity index (χ3n) is 1.87. The molecule has 0 saturated heterocycles. The summed E-state index contributed by atoms with van der Waals surface area (Å²) in [6, 6.07) is 0.0346. The maximum absolute atomic E-state index is 11.8. The molecule has 0 aromatic carbocycles. The molecule has 1 unspecified atom stereocenters. The third kappa shape index (κ3) is 8.31. The van der Waals surface area contributed by atoms with Crippen molar-refractivity contribution in [3.8, 4) is 0 Å². The normalized spacial score (nSPS) is 14.4. The minimum Gasteiger partial charge on any atom is -0.383 e. The van der Waals surface area contributed by atoms with Crippen LogP contribution >= 0.6 is 0 Å². The molecule has 0 heterocycles. The predicted molar refractivity (Wildman–Crippen MR) is 49.2 cm³/mol. The summed E-state index contributed by atoms with van der Waals surface area (Å²) in [6.07, 6.45) is -4.09. The van der Waals surface area contributed by atoms with Crippen molar-refractivity contribution in [2.45, 2.75) is 38.4 Å². The van der Waals surface area contributed by atoms with E-state index in [4.69, 9.17) is 4.74 Å². The van der Waals surface area contributed by atoms with Crippen LogP contribution in [-0.4, -0.2) is 32.5 Å². The van der Waals surface area contributed by atoms with Crippen molar-refractivity contribution >= 4 is 0 Å². The van der Waals surface area contributed by atoms with Gasteiger partial charge in [0.25, 0.3) is 0 Å². The molecule has 0 rings (SSSR count). The number of hydrogen-bond donors (Lipinski definition) is 1. The van der Waals surface area contributed by atoms with Gasteiger partial charge >= 0.3 is 6.18 Å². The molecule has 0 fully saturated rings. The highest BCUT2D eigenvalue weighted by atomic mass is 19.4. The van der Waals surface area contributed by atoms with E-state index in [1.165, 1.54) is 0 Å². The fraction of sp³-hybridized carbons (Fsp3) is 1.00. The second-order valence-corrected chi connectivity index (χ2v) is 3.22. The molecule has 0 bridgehead atoms. The van der Waals surface area contributed by atoms with Gasteiger partial charge in [-0.25, -0.2) is 0 Å². The van der Waals surface area contributed by atoms with E-state index < -0.39 is 12.6 Å². The second-order valence-electron chi connectivity index (χ2n) is 3.22. The van der Waals surface area contributed by atoms with Gasteiger partial charge in [-0.1, -0.05) is 6.92 Å². The van der Waals surface area contributed by atoms with Gasteiger partial charge in [0, 0.05) is 19.6 Å². The van der Waals surface area contributed by atoms with Crippen molar-refractivity contribution in [3.05, 3.63) is 0 Å². The zero-order valence-electron chi connectivity index (χ0n) is 8.66. The highest BCUT2D eigenvalue weighted by Gasteiger charge is 2.26. The van der Waals surface area contributed by atoms with E-state index in [1.54, 1.807) is 7.11 Å². The Labute approximate surface area is 82.8 Å². The molecule has 5 heteroatoms. The second kappa shape index (κ2) is 7.06. The molecular formula is C9H18F3NO. The van der Waals surface area contributed by atoms with Gasteiger partial charge in [-0.05, 0) is 19.4 Å². The topological polar surface area (TPSA) is 21.3 Å². The third-order valence-corrected chi connectivity index (χ3v) is 1.87. The molecule has 0 aliphatic heterocycles. The van der Waals surface area contributed by atoms with Crippen LogP contribution in [0.2, 0.25) is 0 Å². The molecule has 1 atom stereocenters. The quantitative estimate of drug-likeness (QED) is 0.701. The summed E-state index contributed by atoms with van der Waals surface area (Å²) >= 11 is 0. The smallest absolute Gasteiger partial charge is 0.383 e. The van der Waals surface area contributed by atoms with Crippen molar-refractivity contribution in [1.82, 2.24) is 5.32 Å². The Balaban J connectivity index is 3.60. The maximum Gasteiger partial charge on any atom is 0.389 e. The molecule has 0 aromatic heterocycles. The molecular weight excluding hydrogens is 195 g/mol. The minimum atomic E-state index is -4.04. The Bertz CT molecular complexity index is 133. The standard InChI is InChI=1S/C9H18F3NO/c1-3-13-8(7-14-2)5-4-6-9(10,11)12/h8,13H,3-7H2,1-2H3. The Morgan fingerprint density at radius 3 is 2.43 bits per heavy atom. The molecule has 14 heavy (non-hydrogen) atoms. The zero-order valence-corrected chi connectivity index (χ0v) is 8.66. The average Bonchev–Trinajstić information content (AvgIpc) is 2.02. The Morgan fingerprint density at radius 1 is 1.36 bits per heavy atom. The molecule has 86 valence electrons. The van der Waals surface area contributed by atoms with Gasteiger partial charge in [-0.2, -0.15) is 13.2 Å². The van der Waals surface area contributed by atoms with Gasteiger partial charge in [-0.15, -0.1) is 0 Å². The van der Waals surface area contributed by atoms with Crippen LogP contribution in [0.3, 0.4) is 0 Å². The van der Waals surface area contributed by atoms with E-state index in [0.29, 0.717) is 13.0 Å². The highest BCUT2D eigenvalue weighted by molar-refractivity contribution is 4.66. The van der Waals surface area contributed by atoms with Crippen LogP contribution in [0.1, 0.15) is 26.2 Å². The molecule has 0 aliphatic carbocycles. The van der Waals surface area contributed by atoms with Crippen LogP contribution in [0.5, 0.6) is 0 Å². The molecule has 0 spiro atoms. The minimum absolute atomic E-state index is 0.0346. The monoisotopic (exact) mass is 213 g/mol. The first kappa shape index (κ1) is 13.7. The van der Waals surface area contributed by atoms with E-state index in [9.17, 15) is 13.2 Å². The van der Waals surface area contributed by atoms with Crippen LogP contribution in [-0.2, 0) is 4.74 Å². The zero-order chi connectivity index (χ0) is 11.0. The molecule has 0 radical (unpaired) electrons. The maximum atomic E-state index is 11.8. The van der Waals surface area contributed by atoms with Gasteiger partial charge in [0.05, 0.1) is 6.61 Å². The first-order chi connectivity index (χ1) is 6.49. The van der Waals surface area contributed by atoms with Crippen molar-refractivity contribution < 1.29 is 17.9 Å². The summed E-state index contributed by atoms with van der Waals surface area (Å²) in [5.41, 5.74) is 0. The summed E-state index contributed by atoms with van der Waals surface area (Å²) in [7, 11) is 1.55. The number of hydrogen-bond acceptors (Lipinski definition) is 2. The average molecular weight is 213 g/mol. The molecule has 0 amide bonds. The lowest BCUT2D eigenvalue weighted by Gasteiger charge is -2.16. The number of nitrogens with one attached hydrogen (secondary N) is 1. The summed E-state index contributed by atoms with van der Waals surface area (Å²) in [6.45, 7) is 3.14. The largest absolute Gasteiger partial charge is 0.389 e. The van der Waals surface area contributed by atoms with Crippen LogP contribution in [0.25, 0.3) is 0 Å². The predicted octanol–water partition coefficient (Wildman–Crippen LogP) is 2.34. The number of likely N-dealkylation sites (N-methyl/N-ethyl adjacent to an activating group) is 1. The van der Waals surface area contributed by atoms with E-state index in [1.807, 2.05) is 6.92 Å². The van der Waals surface area contributed by atoms with Crippen molar-refractivity contribution in [1.29, 1.82) is 0 Å². The first-order valence-corrected chi connectivity index (χ1v) is 4.78. The first-order valence-electron chi connectivity index (χ1n) is 4.78. The number of alkyl halides is 3. The summed E-state index contributed by atoms with van der Waals surface area (Å²) in [5.74, 6) is 0. The number of halogens is 3. The Morgan fingerprint density at radius 2 is 2.00 bits per heavy atom. The Hall–Kier alpha value is -0.290. The number of methoxy groups -OCH3 is 1. The molecule has 2 nitrogen and oxygen atoms in total. The molecule has 0 aliphatic rings. The lowest BCUT2D eigenvalue weighted by molar-refractivity contribution is -0.136. The van der Waals surface area contributed by atoms with E-state index >= 15 is 0 Å². The van der Waals surface area contributed by atoms with Crippen LogP contribution in [0.15, 0.2) is 0 Å². The van der Waals surface area contributed by atoms with Crippen LogP contribution < -0.4 is 5.32 Å². The fourth-order valence-corrected chi connectivity index (χ4v) is 1.28. The van der Waals surface area contributed by atoms with Gasteiger partial charge in [0.1, 0.15) is 0 Å². The molecule has 0 saturated carbocycles. The SMILES string of the molecule is CCNC(CCCC(F)(F)F)COC. The van der Waals surface area contributed by atoms with Crippen molar-refractivity contribution in [3.63, 3.8) is 0 Å². The van der Waals surface area contributed by atoms with Crippen molar-refractivity contribution in [2.75, 3.05) is 20.3 Å². The van der Waals surface area contributed by atoms with E-state index in [2.05, 4.69) is 5.32 Å². The summed E-state index contributed by atoms with van der Waals surface area (Å²) in [4.78, 5) is 0. The van der Waals surface area contributed by atoms with Gasteiger partial charge in [-0.3, -0.25) is 0 Å². The van der Waals surface area contributed by atoms with E-state index in [0.717, 1.165) is 6.54 Å². The lowest BCUT2D eigenvalue weighted by Crippen LogP contribution is -2.33. The number of ether oxygens (including phenoxy) is 1. The summed E-state index contributed by atoms with van der Waals surface area (Å²) in [5, 5.41) is 3.08. The fourth-order valence-electron chi connectivity index (χ4n) is 1.28. The van der Waals surface area contributed by atoms with Crippen molar-refractivity contribution in [2.24, 2.45) is 0 Å². The van der Waals surface area contributed by atoms with Gasteiger partial charge < -0.3 is 10.1 Å². The number of rotatable bonds is 7. The highest BCUT2D eigenvalue weighted by Crippen LogP contribution is 2.22. The van der Waals surface area contributed by atoms with Crippen LogP contribution in [0.4, 0.5) is 13.2 Å². The van der Waals surface area contributed by atoms with E-state index in [-0.39, 0.29) is 12.5 Å². The molecule has 0 aromatic rings. The van der Waals surface area contributed by atoms with Crippen LogP contribution in [0, 0.1) is 0 Å².